The fourth-order valence-corrected chi connectivity index (χ4v) is 4.45. The minimum absolute atomic E-state index is 0.0758. The summed E-state index contributed by atoms with van der Waals surface area (Å²) in [5, 5.41) is 0. The van der Waals surface area contributed by atoms with Gasteiger partial charge in [0.15, 0.2) is 9.84 Å². The highest BCUT2D eigenvalue weighted by atomic mass is 32.2. The van der Waals surface area contributed by atoms with E-state index in [2.05, 4.69) is 6.92 Å². The third-order valence-corrected chi connectivity index (χ3v) is 5.73. The van der Waals surface area contributed by atoms with Crippen molar-refractivity contribution in [2.75, 3.05) is 25.2 Å². The summed E-state index contributed by atoms with van der Waals surface area (Å²) >= 11 is 0. The third-order valence-electron chi connectivity index (χ3n) is 3.98. The number of hydrogen-bond donors (Lipinski definition) is 0. The maximum Gasteiger partial charge on any atom is 0.254 e. The number of amides is 1. The van der Waals surface area contributed by atoms with Crippen LogP contribution in [-0.2, 0) is 9.84 Å². The monoisotopic (exact) mass is 325 g/mol. The Hall–Kier alpha value is -1.56. The highest BCUT2D eigenvalue weighted by molar-refractivity contribution is 7.91. The van der Waals surface area contributed by atoms with Crippen molar-refractivity contribution < 1.29 is 17.9 Å². The number of methoxy groups -OCH3 is 1. The Balaban J connectivity index is 2.22. The van der Waals surface area contributed by atoms with Gasteiger partial charge in [-0.3, -0.25) is 4.79 Å². The number of sulfone groups is 1. The molecule has 1 aromatic carbocycles. The number of carbonyl (C=O) groups is 1. The number of hydrogen-bond acceptors (Lipinski definition) is 4. The second-order valence-corrected chi connectivity index (χ2v) is 7.87. The van der Waals surface area contributed by atoms with Crippen molar-refractivity contribution in [3.05, 3.63) is 29.8 Å². The molecule has 6 heteroatoms. The molecule has 1 aliphatic heterocycles. The fourth-order valence-electron chi connectivity index (χ4n) is 2.72. The largest absolute Gasteiger partial charge is 0.497 e. The van der Waals surface area contributed by atoms with Gasteiger partial charge in [0, 0.05) is 18.2 Å². The maximum atomic E-state index is 12.8. The van der Waals surface area contributed by atoms with Crippen molar-refractivity contribution in [3.63, 3.8) is 0 Å². The van der Waals surface area contributed by atoms with Gasteiger partial charge in [0.1, 0.15) is 5.75 Å². The summed E-state index contributed by atoms with van der Waals surface area (Å²) in [6.45, 7) is 2.65. The van der Waals surface area contributed by atoms with E-state index in [9.17, 15) is 13.2 Å². The number of ether oxygens (including phenoxy) is 1. The van der Waals surface area contributed by atoms with Crippen LogP contribution in [0.4, 0.5) is 0 Å². The normalized spacial score (nSPS) is 19.8. The lowest BCUT2D eigenvalue weighted by molar-refractivity contribution is 0.0694. The number of benzene rings is 1. The summed E-state index contributed by atoms with van der Waals surface area (Å²) in [6, 6.07) is 6.79. The molecule has 2 rings (SSSR count). The van der Waals surface area contributed by atoms with Gasteiger partial charge < -0.3 is 9.64 Å². The summed E-state index contributed by atoms with van der Waals surface area (Å²) < 4.78 is 28.6. The second kappa shape index (κ2) is 7.13. The molecule has 1 atom stereocenters. The third kappa shape index (κ3) is 4.00. The van der Waals surface area contributed by atoms with Crippen LogP contribution in [0.25, 0.3) is 0 Å². The van der Waals surface area contributed by atoms with Gasteiger partial charge in [0.25, 0.3) is 5.91 Å². The second-order valence-electron chi connectivity index (χ2n) is 5.64. The summed E-state index contributed by atoms with van der Waals surface area (Å²) in [5.74, 6) is 0.757. The van der Waals surface area contributed by atoms with E-state index in [0.29, 0.717) is 24.3 Å². The van der Waals surface area contributed by atoms with Crippen molar-refractivity contribution >= 4 is 15.7 Å². The minimum atomic E-state index is -3.01. The summed E-state index contributed by atoms with van der Waals surface area (Å²) in [7, 11) is -1.46. The lowest BCUT2D eigenvalue weighted by Crippen LogP contribution is -2.41. The smallest absolute Gasteiger partial charge is 0.254 e. The van der Waals surface area contributed by atoms with Gasteiger partial charge in [0.2, 0.25) is 0 Å². The van der Waals surface area contributed by atoms with Crippen LogP contribution in [0.5, 0.6) is 5.75 Å². The quantitative estimate of drug-likeness (QED) is 0.804. The molecule has 1 aromatic rings. The van der Waals surface area contributed by atoms with Crippen LogP contribution in [0, 0.1) is 0 Å². The first-order valence-corrected chi connectivity index (χ1v) is 9.44. The Kier molecular flexibility index (Phi) is 5.45. The zero-order valence-corrected chi connectivity index (χ0v) is 13.9. The van der Waals surface area contributed by atoms with Crippen LogP contribution in [0.15, 0.2) is 24.3 Å². The molecule has 0 saturated carbocycles. The molecule has 0 radical (unpaired) electrons. The molecule has 0 N–H and O–H groups in total. The summed E-state index contributed by atoms with van der Waals surface area (Å²) in [4.78, 5) is 14.5. The van der Waals surface area contributed by atoms with Gasteiger partial charge in [-0.05, 0) is 31.0 Å². The van der Waals surface area contributed by atoms with Crippen molar-refractivity contribution in [2.24, 2.45) is 0 Å². The molecular formula is C16H23NO4S. The molecular weight excluding hydrogens is 302 g/mol. The number of nitrogens with zero attached hydrogens (tertiary/aromatic N) is 1. The van der Waals surface area contributed by atoms with Crippen molar-refractivity contribution in [1.29, 1.82) is 0 Å². The Labute approximate surface area is 132 Å². The first-order valence-electron chi connectivity index (χ1n) is 7.62. The standard InChI is InChI=1S/C16H23NO4S/c1-3-4-9-17(14-8-10-22(19,20)12-14)16(18)13-6-5-7-15(11-13)21-2/h5-7,11,14H,3-4,8-10,12H2,1-2H3/t14-/m1/s1. The summed E-state index contributed by atoms with van der Waals surface area (Å²) in [6.07, 6.45) is 2.36. The molecule has 1 heterocycles. The van der Waals surface area contributed by atoms with Crippen molar-refractivity contribution in [3.8, 4) is 5.75 Å². The molecule has 0 aliphatic carbocycles. The van der Waals surface area contributed by atoms with Crippen LogP contribution < -0.4 is 4.74 Å². The average Bonchev–Trinajstić information content (AvgIpc) is 2.87. The number of rotatable bonds is 6. The molecule has 122 valence electrons. The van der Waals surface area contributed by atoms with Crippen LogP contribution in [0.2, 0.25) is 0 Å². The predicted octanol–water partition coefficient (Wildman–Crippen LogP) is 2.12. The van der Waals surface area contributed by atoms with E-state index in [1.165, 1.54) is 0 Å². The average molecular weight is 325 g/mol. The SMILES string of the molecule is CCCCN(C(=O)c1cccc(OC)c1)[C@@H]1CCS(=O)(=O)C1. The number of carbonyl (C=O) groups excluding carboxylic acids is 1. The minimum Gasteiger partial charge on any atom is -0.497 e. The molecule has 1 saturated heterocycles. The van der Waals surface area contributed by atoms with Gasteiger partial charge in [-0.15, -0.1) is 0 Å². The zero-order valence-electron chi connectivity index (χ0n) is 13.1. The van der Waals surface area contributed by atoms with E-state index in [-0.39, 0.29) is 23.5 Å². The van der Waals surface area contributed by atoms with E-state index < -0.39 is 9.84 Å². The van der Waals surface area contributed by atoms with E-state index in [1.807, 2.05) is 0 Å². The lowest BCUT2D eigenvalue weighted by atomic mass is 10.1. The van der Waals surface area contributed by atoms with E-state index >= 15 is 0 Å². The Morgan fingerprint density at radius 3 is 2.77 bits per heavy atom. The van der Waals surface area contributed by atoms with Crippen LogP contribution >= 0.6 is 0 Å². The molecule has 1 amide bonds. The van der Waals surface area contributed by atoms with Gasteiger partial charge in [-0.1, -0.05) is 19.4 Å². The molecule has 5 nitrogen and oxygen atoms in total. The fraction of sp³-hybridized carbons (Fsp3) is 0.562. The van der Waals surface area contributed by atoms with Crippen LogP contribution in [-0.4, -0.2) is 50.4 Å². The van der Waals surface area contributed by atoms with Crippen LogP contribution in [0.1, 0.15) is 36.5 Å². The van der Waals surface area contributed by atoms with Crippen molar-refractivity contribution in [2.45, 2.75) is 32.2 Å². The molecule has 1 fully saturated rings. The first-order chi connectivity index (χ1) is 10.5. The van der Waals surface area contributed by atoms with E-state index in [1.54, 1.807) is 36.3 Å². The Morgan fingerprint density at radius 1 is 1.41 bits per heavy atom. The van der Waals surface area contributed by atoms with Crippen molar-refractivity contribution in [1.82, 2.24) is 4.90 Å². The maximum absolute atomic E-state index is 12.8. The van der Waals surface area contributed by atoms with Gasteiger partial charge >= 0.3 is 0 Å². The predicted molar refractivity (Wildman–Crippen MR) is 86.0 cm³/mol. The first kappa shape index (κ1) is 16.8. The molecule has 1 aliphatic rings. The molecule has 22 heavy (non-hydrogen) atoms. The van der Waals surface area contributed by atoms with Gasteiger partial charge in [0.05, 0.1) is 18.6 Å². The van der Waals surface area contributed by atoms with Crippen LogP contribution in [0.3, 0.4) is 0 Å². The molecule has 0 aromatic heterocycles. The van der Waals surface area contributed by atoms with E-state index in [4.69, 9.17) is 4.74 Å². The summed E-state index contributed by atoms with van der Waals surface area (Å²) in [5.41, 5.74) is 0.541. The molecule has 0 spiro atoms. The highest BCUT2D eigenvalue weighted by Crippen LogP contribution is 2.22. The van der Waals surface area contributed by atoms with Gasteiger partial charge in [-0.2, -0.15) is 0 Å². The highest BCUT2D eigenvalue weighted by Gasteiger charge is 2.34. The lowest BCUT2D eigenvalue weighted by Gasteiger charge is -2.28. The number of unbranched alkanes of at least 4 members (excludes halogenated alkanes) is 1. The van der Waals surface area contributed by atoms with Gasteiger partial charge in [-0.25, -0.2) is 8.42 Å². The Morgan fingerprint density at radius 2 is 2.18 bits per heavy atom. The topological polar surface area (TPSA) is 63.7 Å². The molecule has 0 bridgehead atoms. The Bertz CT molecular complexity index is 627. The molecule has 0 unspecified atom stereocenters. The van der Waals surface area contributed by atoms with E-state index in [0.717, 1.165) is 12.8 Å². The zero-order chi connectivity index (χ0) is 16.2.